The van der Waals surface area contributed by atoms with Crippen LogP contribution in [-0.2, 0) is 20.0 Å². The average molecular weight is 475 g/mol. The number of aliphatic hydroxyl groups is 1. The molecule has 3 aliphatic rings. The van der Waals surface area contributed by atoms with Crippen LogP contribution in [0.2, 0.25) is 0 Å². The van der Waals surface area contributed by atoms with Gasteiger partial charge in [-0.2, -0.15) is 0 Å². The molecule has 10 heteroatoms. The summed E-state index contributed by atoms with van der Waals surface area (Å²) in [4.78, 5) is 42.9. The topological polar surface area (TPSA) is 143 Å². The Morgan fingerprint density at radius 3 is 2.20 bits per heavy atom. The van der Waals surface area contributed by atoms with E-state index in [-0.39, 0.29) is 47.0 Å². The number of hydrogen-bond donors (Lipinski definition) is 3. The Balaban J connectivity index is 1.52. The van der Waals surface area contributed by atoms with Crippen molar-refractivity contribution in [1.29, 1.82) is 0 Å². The van der Waals surface area contributed by atoms with E-state index in [4.69, 9.17) is 14.3 Å². The summed E-state index contributed by atoms with van der Waals surface area (Å²) < 4.78 is 11.8. The van der Waals surface area contributed by atoms with E-state index >= 15 is 0 Å². The van der Waals surface area contributed by atoms with E-state index < -0.39 is 29.7 Å². The number of rotatable bonds is 2. The predicted molar refractivity (Wildman–Crippen MR) is 116 cm³/mol. The molecule has 1 fully saturated rings. The molecule has 3 N–H and O–H groups in total. The van der Waals surface area contributed by atoms with Crippen molar-refractivity contribution in [3.8, 4) is 23.0 Å². The second-order valence-corrected chi connectivity index (χ2v) is 8.41. The van der Waals surface area contributed by atoms with Crippen LogP contribution in [0, 0.1) is 0 Å². The molecule has 3 aliphatic heterocycles. The zero-order chi connectivity index (χ0) is 24.5. The third-order valence-corrected chi connectivity index (χ3v) is 6.32. The number of carbonyl (C=O) groups excluding carboxylic acids is 3. The predicted octanol–water partition coefficient (Wildman–Crippen LogP) is 2.68. The van der Waals surface area contributed by atoms with Gasteiger partial charge in [0.1, 0.15) is 23.0 Å². The minimum atomic E-state index is -1.55. The highest BCUT2D eigenvalue weighted by Gasteiger charge is 2.54. The molecular formula is C25H17NO9. The van der Waals surface area contributed by atoms with E-state index in [0.717, 1.165) is 0 Å². The fourth-order valence-corrected chi connectivity index (χ4v) is 4.73. The minimum absolute atomic E-state index is 0.0143. The maximum atomic E-state index is 13.0. The number of aromatic hydroxyl groups is 2. The van der Waals surface area contributed by atoms with Gasteiger partial charge in [-0.1, -0.05) is 0 Å². The lowest BCUT2D eigenvalue weighted by Gasteiger charge is -2.36. The van der Waals surface area contributed by atoms with Crippen molar-refractivity contribution in [3.63, 3.8) is 0 Å². The highest BCUT2D eigenvalue weighted by molar-refractivity contribution is 5.99. The maximum Gasteiger partial charge on any atom is 0.363 e. The number of benzene rings is 3. The SMILES string of the molecule is O=C(ON1C(=O)CCC1O)c1ccc2c(c1)C1(OC2=O)c2ccc(O)cc2Oc2cc(O)ccc21. The van der Waals surface area contributed by atoms with Gasteiger partial charge < -0.3 is 29.6 Å². The molecule has 1 spiro atoms. The Labute approximate surface area is 197 Å². The maximum absolute atomic E-state index is 13.0. The number of ether oxygens (including phenoxy) is 2. The standard InChI is InChI=1S/C25H17NO9/c27-13-2-5-16-19(10-13)33-20-11-14(28)3-6-17(20)25(16)18-9-12(1-4-15(18)24(32)34-25)23(31)35-26-21(29)7-8-22(26)30/h1-6,9-11,21,27-29H,7-8H2. The zero-order valence-electron chi connectivity index (χ0n) is 17.9. The average Bonchev–Trinajstić information content (AvgIpc) is 3.30. The van der Waals surface area contributed by atoms with Crippen LogP contribution >= 0.6 is 0 Å². The van der Waals surface area contributed by atoms with E-state index in [0.29, 0.717) is 21.8 Å². The molecule has 1 unspecified atom stereocenters. The fourth-order valence-electron chi connectivity index (χ4n) is 4.73. The number of nitrogens with zero attached hydrogens (tertiary/aromatic N) is 1. The largest absolute Gasteiger partial charge is 0.508 e. The smallest absolute Gasteiger partial charge is 0.363 e. The molecule has 0 bridgehead atoms. The lowest BCUT2D eigenvalue weighted by atomic mass is 9.77. The number of esters is 1. The molecule has 1 atom stereocenters. The van der Waals surface area contributed by atoms with E-state index in [9.17, 15) is 29.7 Å². The van der Waals surface area contributed by atoms with Crippen molar-refractivity contribution >= 4 is 17.8 Å². The van der Waals surface area contributed by atoms with E-state index in [1.165, 1.54) is 42.5 Å². The molecule has 0 saturated carbocycles. The number of amides is 1. The van der Waals surface area contributed by atoms with Crippen LogP contribution in [0.3, 0.4) is 0 Å². The van der Waals surface area contributed by atoms with Crippen molar-refractivity contribution in [2.45, 2.75) is 24.7 Å². The molecular weight excluding hydrogens is 458 g/mol. The van der Waals surface area contributed by atoms with Crippen molar-refractivity contribution in [2.75, 3.05) is 0 Å². The van der Waals surface area contributed by atoms with E-state index in [1.807, 2.05) is 0 Å². The van der Waals surface area contributed by atoms with Crippen LogP contribution in [0.4, 0.5) is 0 Å². The highest BCUT2D eigenvalue weighted by atomic mass is 16.7. The number of phenols is 2. The van der Waals surface area contributed by atoms with Gasteiger partial charge in [-0.05, 0) is 42.5 Å². The van der Waals surface area contributed by atoms with E-state index in [1.54, 1.807) is 12.1 Å². The molecule has 3 aromatic carbocycles. The van der Waals surface area contributed by atoms with Crippen LogP contribution in [0.25, 0.3) is 0 Å². The summed E-state index contributed by atoms with van der Waals surface area (Å²) in [6.45, 7) is 0. The molecule has 176 valence electrons. The summed E-state index contributed by atoms with van der Waals surface area (Å²) in [5.41, 5.74) is -0.227. The molecule has 0 aliphatic carbocycles. The number of hydrogen-bond acceptors (Lipinski definition) is 9. The van der Waals surface area contributed by atoms with Gasteiger partial charge >= 0.3 is 11.9 Å². The van der Waals surface area contributed by atoms with Gasteiger partial charge in [0.15, 0.2) is 11.8 Å². The lowest BCUT2D eigenvalue weighted by molar-refractivity contribution is -0.191. The normalized spacial score (nSPS) is 19.0. The summed E-state index contributed by atoms with van der Waals surface area (Å²) in [5, 5.41) is 30.6. The van der Waals surface area contributed by atoms with Gasteiger partial charge in [0.2, 0.25) is 0 Å². The second kappa shape index (κ2) is 7.21. The second-order valence-electron chi connectivity index (χ2n) is 8.41. The number of carbonyl (C=O) groups is 3. The third-order valence-electron chi connectivity index (χ3n) is 6.32. The Hall–Kier alpha value is -4.57. The van der Waals surface area contributed by atoms with Crippen LogP contribution in [0.15, 0.2) is 54.6 Å². The molecule has 3 aromatic rings. The molecule has 35 heavy (non-hydrogen) atoms. The van der Waals surface area contributed by atoms with Crippen LogP contribution < -0.4 is 4.74 Å². The van der Waals surface area contributed by atoms with Crippen molar-refractivity contribution in [2.24, 2.45) is 0 Å². The van der Waals surface area contributed by atoms with Gasteiger partial charge in [0.25, 0.3) is 5.91 Å². The van der Waals surface area contributed by atoms with Crippen molar-refractivity contribution in [3.05, 3.63) is 82.4 Å². The van der Waals surface area contributed by atoms with Crippen molar-refractivity contribution in [1.82, 2.24) is 5.06 Å². The lowest BCUT2D eigenvalue weighted by Crippen LogP contribution is -2.35. The third kappa shape index (κ3) is 2.96. The number of aliphatic hydroxyl groups excluding tert-OH is 1. The molecule has 0 radical (unpaired) electrons. The molecule has 1 saturated heterocycles. The quantitative estimate of drug-likeness (QED) is 0.477. The van der Waals surface area contributed by atoms with Gasteiger partial charge in [-0.3, -0.25) is 4.79 Å². The zero-order valence-corrected chi connectivity index (χ0v) is 17.9. The van der Waals surface area contributed by atoms with Crippen LogP contribution in [0.1, 0.15) is 50.2 Å². The Bertz CT molecular complexity index is 1400. The summed E-state index contributed by atoms with van der Waals surface area (Å²) in [6.07, 6.45) is -1.03. The van der Waals surface area contributed by atoms with Crippen molar-refractivity contribution < 1.29 is 44.0 Å². The molecule has 3 heterocycles. The van der Waals surface area contributed by atoms with Gasteiger partial charge in [0.05, 0.1) is 11.1 Å². The summed E-state index contributed by atoms with van der Waals surface area (Å²) >= 11 is 0. The Morgan fingerprint density at radius 1 is 0.943 bits per heavy atom. The molecule has 0 aromatic heterocycles. The first kappa shape index (κ1) is 21.0. The number of fused-ring (bicyclic) bond motifs is 6. The Morgan fingerprint density at radius 2 is 1.60 bits per heavy atom. The first-order valence-electron chi connectivity index (χ1n) is 10.7. The monoisotopic (exact) mass is 475 g/mol. The van der Waals surface area contributed by atoms with Crippen LogP contribution in [-0.4, -0.2) is 44.5 Å². The van der Waals surface area contributed by atoms with Gasteiger partial charge in [-0.15, -0.1) is 5.06 Å². The summed E-state index contributed by atoms with van der Waals surface area (Å²) in [7, 11) is 0. The molecule has 6 rings (SSSR count). The number of phenolic OH excluding ortho intramolecular Hbond substituents is 2. The summed E-state index contributed by atoms with van der Waals surface area (Å²) in [6, 6.07) is 12.8. The summed E-state index contributed by atoms with van der Waals surface area (Å²) in [5.74, 6) is -1.85. The van der Waals surface area contributed by atoms with Gasteiger partial charge in [-0.25, -0.2) is 9.59 Å². The number of hydroxylamine groups is 2. The van der Waals surface area contributed by atoms with E-state index in [2.05, 4.69) is 0 Å². The Kier molecular flexibility index (Phi) is 4.33. The van der Waals surface area contributed by atoms with Crippen LogP contribution in [0.5, 0.6) is 23.0 Å². The molecule has 1 amide bonds. The first-order valence-corrected chi connectivity index (χ1v) is 10.7. The first-order chi connectivity index (χ1) is 16.8. The minimum Gasteiger partial charge on any atom is -0.508 e. The fraction of sp³-hybridized carbons (Fsp3) is 0.160. The van der Waals surface area contributed by atoms with Gasteiger partial charge in [0, 0.05) is 41.7 Å². The highest BCUT2D eigenvalue weighted by Crippen LogP contribution is 2.57. The molecule has 10 nitrogen and oxygen atoms in total.